The molecule has 0 saturated heterocycles. The molecule has 0 unspecified atom stereocenters. The lowest BCUT2D eigenvalue weighted by Crippen LogP contribution is -2.32. The molecule has 0 aromatic carbocycles. The number of hydrogen-bond acceptors (Lipinski definition) is 5. The van der Waals surface area contributed by atoms with Crippen molar-refractivity contribution in [2.24, 2.45) is 16.1 Å². The fourth-order valence-electron chi connectivity index (χ4n) is 1.36. The zero-order valence-electron chi connectivity index (χ0n) is 9.62. The first kappa shape index (κ1) is 11.9. The Kier molecular flexibility index (Phi) is 3.42. The van der Waals surface area contributed by atoms with Crippen LogP contribution in [0.4, 0.5) is 0 Å². The topological polar surface area (TPSA) is 95.8 Å². The number of pyridine rings is 1. The quantitative estimate of drug-likeness (QED) is 0.563. The van der Waals surface area contributed by atoms with Crippen LogP contribution in [0.15, 0.2) is 34.7 Å². The van der Waals surface area contributed by atoms with E-state index in [0.29, 0.717) is 0 Å². The fraction of sp³-hybridized carbons (Fsp3) is 0.182. The number of hydrazone groups is 2. The molecule has 2 rings (SSSR count). The lowest BCUT2D eigenvalue weighted by atomic mass is 10.1. The maximum absolute atomic E-state index is 11.6. The van der Waals surface area contributed by atoms with Gasteiger partial charge in [0.2, 0.25) is 5.91 Å². The summed E-state index contributed by atoms with van der Waals surface area (Å²) < 4.78 is 0. The van der Waals surface area contributed by atoms with Gasteiger partial charge in [-0.15, -0.1) is 0 Å². The van der Waals surface area contributed by atoms with Gasteiger partial charge in [-0.05, 0) is 13.0 Å². The summed E-state index contributed by atoms with van der Waals surface area (Å²) >= 11 is 0. The van der Waals surface area contributed by atoms with Crippen LogP contribution in [0.25, 0.3) is 0 Å². The van der Waals surface area contributed by atoms with Gasteiger partial charge in [-0.25, -0.2) is 10.9 Å². The predicted molar refractivity (Wildman–Crippen MR) is 64.7 cm³/mol. The minimum atomic E-state index is -0.557. The molecule has 2 heterocycles. The predicted octanol–water partition coefficient (Wildman–Crippen LogP) is -0.346. The summed E-state index contributed by atoms with van der Waals surface area (Å²) in [6, 6.07) is 3.55. The van der Waals surface area contributed by atoms with Crippen molar-refractivity contribution in [3.05, 3.63) is 30.1 Å². The molecule has 0 saturated carbocycles. The van der Waals surface area contributed by atoms with E-state index in [1.807, 2.05) is 0 Å². The molecule has 0 bridgehead atoms. The first-order valence-electron chi connectivity index (χ1n) is 5.29. The average molecular weight is 245 g/mol. The summed E-state index contributed by atoms with van der Waals surface area (Å²) in [7, 11) is 0. The Morgan fingerprint density at radius 2 is 2.44 bits per heavy atom. The molecular weight excluding hydrogens is 234 g/mol. The second kappa shape index (κ2) is 5.17. The van der Waals surface area contributed by atoms with E-state index in [2.05, 4.69) is 26.0 Å². The third kappa shape index (κ3) is 2.57. The first-order chi connectivity index (χ1) is 8.68. The summed E-state index contributed by atoms with van der Waals surface area (Å²) in [6.45, 7) is 1.60. The standard InChI is InChI=1S/C11H11N5O2/c1-7-9(14-16-10(7)17)11(18)15-13-6-8-3-2-4-12-5-8/h2-7H,1H3,(H,15,18)(H,16,17)/b13-6+/t7-/m0/s1. The van der Waals surface area contributed by atoms with Gasteiger partial charge in [0, 0.05) is 18.0 Å². The Morgan fingerprint density at radius 3 is 3.06 bits per heavy atom. The number of carbonyl (C=O) groups is 2. The monoisotopic (exact) mass is 245 g/mol. The zero-order valence-corrected chi connectivity index (χ0v) is 9.62. The molecule has 0 spiro atoms. The van der Waals surface area contributed by atoms with Crippen molar-refractivity contribution in [1.82, 2.24) is 15.8 Å². The molecule has 1 aliphatic heterocycles. The van der Waals surface area contributed by atoms with Crippen molar-refractivity contribution in [1.29, 1.82) is 0 Å². The summed E-state index contributed by atoms with van der Waals surface area (Å²) in [4.78, 5) is 26.7. The van der Waals surface area contributed by atoms with Crippen LogP contribution in [0, 0.1) is 5.92 Å². The van der Waals surface area contributed by atoms with Crippen molar-refractivity contribution in [2.45, 2.75) is 6.92 Å². The van der Waals surface area contributed by atoms with Crippen molar-refractivity contribution in [3.63, 3.8) is 0 Å². The molecule has 2 amide bonds. The van der Waals surface area contributed by atoms with E-state index in [0.717, 1.165) is 5.56 Å². The lowest BCUT2D eigenvalue weighted by Gasteiger charge is -2.01. The summed E-state index contributed by atoms with van der Waals surface area (Å²) in [5.74, 6) is -1.35. The normalized spacial score (nSPS) is 18.6. The van der Waals surface area contributed by atoms with Gasteiger partial charge in [-0.1, -0.05) is 6.07 Å². The summed E-state index contributed by atoms with van der Waals surface area (Å²) in [6.07, 6.45) is 4.71. The van der Waals surface area contributed by atoms with Crippen LogP contribution in [0.3, 0.4) is 0 Å². The van der Waals surface area contributed by atoms with Crippen LogP contribution in [-0.2, 0) is 9.59 Å². The lowest BCUT2D eigenvalue weighted by molar-refractivity contribution is -0.122. The summed E-state index contributed by atoms with van der Waals surface area (Å²) in [5.41, 5.74) is 5.42. The Hall–Kier alpha value is -2.57. The number of aromatic nitrogens is 1. The average Bonchev–Trinajstić information content (AvgIpc) is 2.71. The molecule has 1 aromatic rings. The number of nitrogens with one attached hydrogen (secondary N) is 2. The largest absolute Gasteiger partial charge is 0.288 e. The third-order valence-corrected chi connectivity index (χ3v) is 2.39. The number of rotatable bonds is 3. The highest BCUT2D eigenvalue weighted by molar-refractivity contribution is 6.44. The van der Waals surface area contributed by atoms with Gasteiger partial charge < -0.3 is 0 Å². The van der Waals surface area contributed by atoms with Crippen LogP contribution < -0.4 is 10.9 Å². The molecule has 0 aliphatic carbocycles. The van der Waals surface area contributed by atoms with E-state index in [-0.39, 0.29) is 11.6 Å². The van der Waals surface area contributed by atoms with Crippen LogP contribution >= 0.6 is 0 Å². The second-order valence-corrected chi connectivity index (χ2v) is 3.68. The van der Waals surface area contributed by atoms with E-state index in [9.17, 15) is 9.59 Å². The maximum atomic E-state index is 11.6. The Bertz CT molecular complexity index is 523. The Morgan fingerprint density at radius 1 is 1.61 bits per heavy atom. The molecule has 0 fully saturated rings. The molecule has 7 heteroatoms. The van der Waals surface area contributed by atoms with Crippen LogP contribution in [0.1, 0.15) is 12.5 Å². The second-order valence-electron chi connectivity index (χ2n) is 3.68. The van der Waals surface area contributed by atoms with Gasteiger partial charge >= 0.3 is 0 Å². The van der Waals surface area contributed by atoms with Crippen molar-refractivity contribution in [3.8, 4) is 0 Å². The van der Waals surface area contributed by atoms with Gasteiger partial charge in [0.25, 0.3) is 5.91 Å². The summed E-state index contributed by atoms with van der Waals surface area (Å²) in [5, 5.41) is 7.40. The van der Waals surface area contributed by atoms with Crippen molar-refractivity contribution >= 4 is 23.7 Å². The molecule has 1 aliphatic rings. The van der Waals surface area contributed by atoms with E-state index in [1.54, 1.807) is 31.5 Å². The number of nitrogens with zero attached hydrogens (tertiary/aromatic N) is 3. The first-order valence-corrected chi connectivity index (χ1v) is 5.29. The molecule has 2 N–H and O–H groups in total. The minimum Gasteiger partial charge on any atom is -0.272 e. The van der Waals surface area contributed by atoms with E-state index >= 15 is 0 Å². The molecule has 18 heavy (non-hydrogen) atoms. The zero-order chi connectivity index (χ0) is 13.0. The van der Waals surface area contributed by atoms with Crippen LogP contribution in [0.2, 0.25) is 0 Å². The number of hydrogen-bond donors (Lipinski definition) is 2. The van der Waals surface area contributed by atoms with Crippen LogP contribution in [0.5, 0.6) is 0 Å². The van der Waals surface area contributed by atoms with Crippen molar-refractivity contribution in [2.75, 3.05) is 0 Å². The molecule has 1 aromatic heterocycles. The highest BCUT2D eigenvalue weighted by atomic mass is 16.2. The van der Waals surface area contributed by atoms with Gasteiger partial charge in [0.1, 0.15) is 5.71 Å². The van der Waals surface area contributed by atoms with Gasteiger partial charge in [-0.3, -0.25) is 14.6 Å². The Balaban J connectivity index is 1.93. The molecule has 1 atom stereocenters. The molecule has 92 valence electrons. The van der Waals surface area contributed by atoms with Gasteiger partial charge in [0.15, 0.2) is 0 Å². The molecule has 0 radical (unpaired) electrons. The van der Waals surface area contributed by atoms with E-state index in [4.69, 9.17) is 0 Å². The SMILES string of the molecule is C[C@@H]1C(=O)NN=C1C(=O)N/N=C/c1cccnc1. The highest BCUT2D eigenvalue weighted by Crippen LogP contribution is 2.05. The number of amides is 2. The van der Waals surface area contributed by atoms with Gasteiger partial charge in [0.05, 0.1) is 12.1 Å². The third-order valence-electron chi connectivity index (χ3n) is 2.39. The fourth-order valence-corrected chi connectivity index (χ4v) is 1.36. The molecule has 7 nitrogen and oxygen atoms in total. The van der Waals surface area contributed by atoms with E-state index < -0.39 is 11.8 Å². The smallest absolute Gasteiger partial charge is 0.272 e. The highest BCUT2D eigenvalue weighted by Gasteiger charge is 2.30. The Labute approximate surface area is 103 Å². The molecular formula is C11H11N5O2. The van der Waals surface area contributed by atoms with Gasteiger partial charge in [-0.2, -0.15) is 10.2 Å². The number of carbonyl (C=O) groups excluding carboxylic acids is 2. The minimum absolute atomic E-state index is 0.128. The van der Waals surface area contributed by atoms with E-state index in [1.165, 1.54) is 6.21 Å². The maximum Gasteiger partial charge on any atom is 0.288 e. The van der Waals surface area contributed by atoms with Crippen LogP contribution in [-0.4, -0.2) is 28.7 Å². The van der Waals surface area contributed by atoms with Crippen molar-refractivity contribution < 1.29 is 9.59 Å².